The van der Waals surface area contributed by atoms with Crippen molar-refractivity contribution in [2.24, 2.45) is 5.10 Å². The molecule has 10 heteroatoms. The minimum atomic E-state index is -0.547. The SMILES string of the molecule is COc1cc(C=Nn2c(-c3ccccc3)nc3ccccc3c2=O)cc(Br)c1OCC(=O)Nc1ccccc1F. The molecule has 0 unspecified atom stereocenters. The number of aromatic nitrogens is 2. The fraction of sp³-hybridized carbons (Fsp3) is 0.0667. The smallest absolute Gasteiger partial charge is 0.282 e. The van der Waals surface area contributed by atoms with E-state index in [0.717, 1.165) is 5.56 Å². The summed E-state index contributed by atoms with van der Waals surface area (Å²) in [6.07, 6.45) is 1.51. The van der Waals surface area contributed by atoms with E-state index in [9.17, 15) is 14.0 Å². The third-order valence-electron chi connectivity index (χ3n) is 5.86. The Hall–Kier alpha value is -4.83. The molecule has 0 saturated carbocycles. The van der Waals surface area contributed by atoms with Crippen LogP contribution in [0.3, 0.4) is 0 Å². The van der Waals surface area contributed by atoms with Crippen LogP contribution < -0.4 is 20.3 Å². The topological polar surface area (TPSA) is 94.8 Å². The molecule has 1 heterocycles. The maximum atomic E-state index is 13.8. The van der Waals surface area contributed by atoms with Crippen LogP contribution in [0.5, 0.6) is 11.5 Å². The molecule has 1 N–H and O–H groups in total. The van der Waals surface area contributed by atoms with E-state index in [4.69, 9.17) is 14.5 Å². The van der Waals surface area contributed by atoms with Gasteiger partial charge in [-0.1, -0.05) is 54.6 Å². The molecule has 5 aromatic rings. The number of nitrogens with zero attached hydrogens (tertiary/aromatic N) is 3. The standard InChI is InChI=1S/C30H22BrFN4O4/c1-39-26-16-19(15-22(31)28(26)40-18-27(37)34-25-14-8-6-12-23(25)32)17-33-36-29(20-9-3-2-4-10-20)35-24-13-7-5-11-21(24)30(36)38/h2-17H,18H2,1H3,(H,34,37). The third-order valence-corrected chi connectivity index (χ3v) is 6.44. The van der Waals surface area contributed by atoms with Crippen LogP contribution in [0.15, 0.2) is 105 Å². The first-order valence-corrected chi connectivity index (χ1v) is 12.9. The van der Waals surface area contributed by atoms with E-state index in [1.165, 1.54) is 36.2 Å². The van der Waals surface area contributed by atoms with Gasteiger partial charge in [-0.15, -0.1) is 0 Å². The van der Waals surface area contributed by atoms with Crippen LogP contribution in [0.2, 0.25) is 0 Å². The number of carbonyl (C=O) groups excluding carboxylic acids is 1. The molecule has 8 nitrogen and oxygen atoms in total. The van der Waals surface area contributed by atoms with Gasteiger partial charge in [-0.3, -0.25) is 9.59 Å². The van der Waals surface area contributed by atoms with Crippen LogP contribution >= 0.6 is 15.9 Å². The lowest BCUT2D eigenvalue weighted by atomic mass is 10.2. The first kappa shape index (κ1) is 26.8. The molecule has 0 spiro atoms. The molecule has 0 fully saturated rings. The predicted molar refractivity (Wildman–Crippen MR) is 156 cm³/mol. The number of para-hydroxylation sites is 2. The van der Waals surface area contributed by atoms with Gasteiger partial charge in [0, 0.05) is 5.56 Å². The summed E-state index contributed by atoms with van der Waals surface area (Å²) in [4.78, 5) is 30.4. The monoisotopic (exact) mass is 600 g/mol. The highest BCUT2D eigenvalue weighted by molar-refractivity contribution is 9.10. The summed E-state index contributed by atoms with van der Waals surface area (Å²) in [7, 11) is 1.46. The number of rotatable bonds is 8. The molecule has 0 saturated heterocycles. The van der Waals surface area contributed by atoms with Crippen molar-refractivity contribution in [3.05, 3.63) is 117 Å². The molecule has 1 amide bonds. The van der Waals surface area contributed by atoms with E-state index in [-0.39, 0.29) is 23.6 Å². The second-order valence-corrected chi connectivity index (χ2v) is 9.39. The zero-order valence-electron chi connectivity index (χ0n) is 21.2. The molecule has 0 aliphatic heterocycles. The normalized spacial score (nSPS) is 11.1. The predicted octanol–water partition coefficient (Wildman–Crippen LogP) is 5.87. The van der Waals surface area contributed by atoms with Crippen LogP contribution in [0.1, 0.15) is 5.56 Å². The largest absolute Gasteiger partial charge is 0.493 e. The Morgan fingerprint density at radius 3 is 2.55 bits per heavy atom. The average molecular weight is 601 g/mol. The zero-order valence-corrected chi connectivity index (χ0v) is 22.8. The van der Waals surface area contributed by atoms with Gasteiger partial charge in [0.2, 0.25) is 0 Å². The molecule has 0 radical (unpaired) electrons. The van der Waals surface area contributed by atoms with Gasteiger partial charge in [0.15, 0.2) is 23.9 Å². The van der Waals surface area contributed by atoms with Crippen molar-refractivity contribution < 1.29 is 18.7 Å². The van der Waals surface area contributed by atoms with E-state index in [0.29, 0.717) is 32.5 Å². The molecule has 0 aliphatic rings. The number of amides is 1. The number of nitrogens with one attached hydrogen (secondary N) is 1. The Bertz CT molecular complexity index is 1790. The summed E-state index contributed by atoms with van der Waals surface area (Å²) in [5.74, 6) is -0.0947. The Kier molecular flexibility index (Phi) is 7.97. The number of fused-ring (bicyclic) bond motifs is 1. The Morgan fingerprint density at radius 2 is 1.77 bits per heavy atom. The summed E-state index contributed by atoms with van der Waals surface area (Å²) in [5, 5.41) is 7.39. The van der Waals surface area contributed by atoms with Gasteiger partial charge < -0.3 is 14.8 Å². The van der Waals surface area contributed by atoms with E-state index in [2.05, 4.69) is 26.3 Å². The maximum absolute atomic E-state index is 13.8. The number of halogens is 2. The van der Waals surface area contributed by atoms with Gasteiger partial charge in [-0.25, -0.2) is 9.37 Å². The summed E-state index contributed by atoms with van der Waals surface area (Å²) < 4.78 is 26.7. The number of ether oxygens (including phenoxy) is 2. The van der Waals surface area contributed by atoms with Crippen LogP contribution in [0.4, 0.5) is 10.1 Å². The third kappa shape index (κ3) is 5.76. The quantitative estimate of drug-likeness (QED) is 0.225. The minimum absolute atomic E-state index is 0.0574. The summed E-state index contributed by atoms with van der Waals surface area (Å²) >= 11 is 3.45. The molecule has 5 rings (SSSR count). The van der Waals surface area contributed by atoms with Gasteiger partial charge in [-0.05, 0) is 57.9 Å². The zero-order chi connectivity index (χ0) is 28.1. The number of hydrogen-bond donors (Lipinski definition) is 1. The number of anilines is 1. The molecule has 200 valence electrons. The maximum Gasteiger partial charge on any atom is 0.282 e. The van der Waals surface area contributed by atoms with Gasteiger partial charge in [0.25, 0.3) is 11.5 Å². The number of hydrogen-bond acceptors (Lipinski definition) is 6. The summed E-state index contributed by atoms with van der Waals surface area (Å²) in [6.45, 7) is -0.380. The molecular formula is C30H22BrFN4O4. The van der Waals surface area contributed by atoms with Crippen LogP contribution in [0.25, 0.3) is 22.3 Å². The van der Waals surface area contributed by atoms with E-state index >= 15 is 0 Å². The van der Waals surface area contributed by atoms with Crippen molar-refractivity contribution >= 4 is 44.6 Å². The lowest BCUT2D eigenvalue weighted by molar-refractivity contribution is -0.118. The lowest BCUT2D eigenvalue weighted by Crippen LogP contribution is -2.21. The number of carbonyl (C=O) groups is 1. The molecule has 0 aliphatic carbocycles. The number of methoxy groups -OCH3 is 1. The van der Waals surface area contributed by atoms with Crippen LogP contribution in [-0.4, -0.2) is 35.5 Å². The molecule has 0 atom stereocenters. The Balaban J connectivity index is 1.43. The van der Waals surface area contributed by atoms with Crippen molar-refractivity contribution in [2.45, 2.75) is 0 Å². The summed E-state index contributed by atoms with van der Waals surface area (Å²) in [6, 6.07) is 25.6. The van der Waals surface area contributed by atoms with Crippen molar-refractivity contribution in [1.29, 1.82) is 0 Å². The Morgan fingerprint density at radius 1 is 1.05 bits per heavy atom. The molecule has 40 heavy (non-hydrogen) atoms. The van der Waals surface area contributed by atoms with Gasteiger partial charge in [0.05, 0.1) is 34.4 Å². The van der Waals surface area contributed by atoms with Gasteiger partial charge in [-0.2, -0.15) is 9.78 Å². The molecular weight excluding hydrogens is 579 g/mol. The van der Waals surface area contributed by atoms with E-state index < -0.39 is 11.7 Å². The first-order chi connectivity index (χ1) is 19.4. The highest BCUT2D eigenvalue weighted by atomic mass is 79.9. The minimum Gasteiger partial charge on any atom is -0.493 e. The number of benzene rings is 4. The van der Waals surface area contributed by atoms with Crippen molar-refractivity contribution in [3.63, 3.8) is 0 Å². The van der Waals surface area contributed by atoms with E-state index in [1.807, 2.05) is 36.4 Å². The lowest BCUT2D eigenvalue weighted by Gasteiger charge is -2.14. The van der Waals surface area contributed by atoms with Gasteiger partial charge >= 0.3 is 0 Å². The average Bonchev–Trinajstić information content (AvgIpc) is 2.97. The fourth-order valence-corrected chi connectivity index (χ4v) is 4.54. The van der Waals surface area contributed by atoms with Crippen molar-refractivity contribution in [3.8, 4) is 22.9 Å². The second-order valence-electron chi connectivity index (χ2n) is 8.53. The van der Waals surface area contributed by atoms with E-state index in [1.54, 1.807) is 36.4 Å². The van der Waals surface area contributed by atoms with Crippen LogP contribution in [-0.2, 0) is 4.79 Å². The highest BCUT2D eigenvalue weighted by Crippen LogP contribution is 2.36. The van der Waals surface area contributed by atoms with Crippen molar-refractivity contribution in [1.82, 2.24) is 9.66 Å². The summed E-state index contributed by atoms with van der Waals surface area (Å²) in [5.41, 5.74) is 1.64. The Labute approximate surface area is 236 Å². The molecule has 0 bridgehead atoms. The second kappa shape index (κ2) is 11.9. The first-order valence-electron chi connectivity index (χ1n) is 12.1. The molecule has 4 aromatic carbocycles. The van der Waals surface area contributed by atoms with Gasteiger partial charge in [0.1, 0.15) is 5.82 Å². The van der Waals surface area contributed by atoms with Crippen molar-refractivity contribution in [2.75, 3.05) is 19.0 Å². The fourth-order valence-electron chi connectivity index (χ4n) is 3.97. The molecule has 1 aromatic heterocycles. The highest BCUT2D eigenvalue weighted by Gasteiger charge is 2.15. The van der Waals surface area contributed by atoms with Crippen LogP contribution in [0, 0.1) is 5.82 Å².